The summed E-state index contributed by atoms with van der Waals surface area (Å²) < 4.78 is 45.5. The number of alkyl carbamates (subject to hydrolysis) is 1. The first-order valence-electron chi connectivity index (χ1n) is 19.0. The lowest BCUT2D eigenvalue weighted by atomic mass is 10.0. The Morgan fingerprint density at radius 2 is 1.72 bits per heavy atom. The number of nitrogens with one attached hydrogen (secondary N) is 3. The molecule has 4 fully saturated rings. The summed E-state index contributed by atoms with van der Waals surface area (Å²) in [4.78, 5) is 63.8. The van der Waals surface area contributed by atoms with Crippen molar-refractivity contribution in [3.05, 3.63) is 24.3 Å². The minimum Gasteiger partial charge on any atom is -0.497 e. The van der Waals surface area contributed by atoms with Crippen LogP contribution in [-0.4, -0.2) is 104 Å². The van der Waals surface area contributed by atoms with Crippen molar-refractivity contribution in [1.29, 1.82) is 0 Å². The van der Waals surface area contributed by atoms with Gasteiger partial charge in [0, 0.05) is 25.9 Å². The summed E-state index contributed by atoms with van der Waals surface area (Å²) in [6.45, 7) is 5.20. The van der Waals surface area contributed by atoms with Crippen LogP contribution in [0.5, 0.6) is 11.6 Å². The molecule has 296 valence electrons. The number of fused-ring (bicyclic) bond motifs is 3. The highest BCUT2D eigenvalue weighted by Crippen LogP contribution is 2.48. The Balaban J connectivity index is 1.33. The van der Waals surface area contributed by atoms with Crippen LogP contribution in [0.15, 0.2) is 24.3 Å². The van der Waals surface area contributed by atoms with E-state index < -0.39 is 68.4 Å². The van der Waals surface area contributed by atoms with E-state index in [1.54, 1.807) is 33.9 Å². The van der Waals surface area contributed by atoms with E-state index in [9.17, 15) is 27.6 Å². The molecule has 15 nitrogen and oxygen atoms in total. The molecule has 1 aromatic carbocycles. The van der Waals surface area contributed by atoms with Crippen LogP contribution in [0.25, 0.3) is 10.8 Å². The third kappa shape index (κ3) is 8.95. The predicted molar refractivity (Wildman–Crippen MR) is 202 cm³/mol. The molecule has 2 aliphatic heterocycles. The lowest BCUT2D eigenvalue weighted by Crippen LogP contribution is -2.58. The zero-order valence-corrected chi connectivity index (χ0v) is 32.9. The number of nitrogens with zero attached hydrogens (tertiary/aromatic N) is 3. The van der Waals surface area contributed by atoms with Gasteiger partial charge in [0.2, 0.25) is 27.7 Å². The van der Waals surface area contributed by atoms with Gasteiger partial charge in [-0.05, 0) is 88.4 Å². The maximum absolute atomic E-state index is 14.5. The third-order valence-corrected chi connectivity index (χ3v) is 12.5. The first kappa shape index (κ1) is 39.4. The topological polar surface area (TPSA) is 186 Å². The van der Waals surface area contributed by atoms with Crippen molar-refractivity contribution in [2.24, 2.45) is 5.92 Å². The minimum absolute atomic E-state index is 0.00633. The van der Waals surface area contributed by atoms with E-state index >= 15 is 0 Å². The highest BCUT2D eigenvalue weighted by Gasteiger charge is 2.62. The fraction of sp³-hybridized carbons (Fsp3) is 0.658. The van der Waals surface area contributed by atoms with Gasteiger partial charge in [-0.1, -0.05) is 32.1 Å². The molecule has 0 bridgehead atoms. The highest BCUT2D eigenvalue weighted by molar-refractivity contribution is 7.91. The van der Waals surface area contributed by atoms with Crippen molar-refractivity contribution in [2.45, 2.75) is 126 Å². The second-order valence-corrected chi connectivity index (χ2v) is 18.3. The summed E-state index contributed by atoms with van der Waals surface area (Å²) in [5.74, 6) is -0.462. The molecule has 5 atom stereocenters. The SMILES string of the molecule is COc1ccc2c(O[C@@H]3C[C@H]4C(=O)N[C@]5(C(=O)NS(=O)(=O)C6CC6)C[C@H]5CCCCCCC[C@H](NC(=O)OC(C)(C)C)C(=O)N4C3)nc(N(C)C)cc2c1. The maximum Gasteiger partial charge on any atom is 0.408 e. The first-order chi connectivity index (χ1) is 25.5. The van der Waals surface area contributed by atoms with Gasteiger partial charge in [0.15, 0.2) is 0 Å². The molecular formula is C38H54N6O9S. The van der Waals surface area contributed by atoms with E-state index in [1.807, 2.05) is 37.2 Å². The fourth-order valence-corrected chi connectivity index (χ4v) is 8.86. The number of amides is 4. The normalized spacial score (nSPS) is 26.7. The van der Waals surface area contributed by atoms with Crippen LogP contribution in [0, 0.1) is 5.92 Å². The number of anilines is 1. The second kappa shape index (κ2) is 15.4. The van der Waals surface area contributed by atoms with Crippen molar-refractivity contribution in [1.82, 2.24) is 25.2 Å². The van der Waals surface area contributed by atoms with Crippen molar-refractivity contribution >= 4 is 50.4 Å². The predicted octanol–water partition coefficient (Wildman–Crippen LogP) is 3.78. The number of methoxy groups -OCH3 is 1. The molecule has 2 aliphatic carbocycles. The zero-order chi connectivity index (χ0) is 39.0. The summed E-state index contributed by atoms with van der Waals surface area (Å²) in [5.41, 5.74) is -2.22. The zero-order valence-electron chi connectivity index (χ0n) is 32.1. The second-order valence-electron chi connectivity index (χ2n) is 16.3. The number of hydrogen-bond acceptors (Lipinski definition) is 11. The van der Waals surface area contributed by atoms with Crippen molar-refractivity contribution in [2.75, 3.05) is 32.6 Å². The van der Waals surface area contributed by atoms with E-state index in [1.165, 1.54) is 4.90 Å². The number of carbonyl (C=O) groups excluding carboxylic acids is 4. The van der Waals surface area contributed by atoms with Crippen LogP contribution in [0.1, 0.15) is 91.4 Å². The average molecular weight is 771 g/mol. The van der Waals surface area contributed by atoms with Crippen LogP contribution < -0.4 is 29.7 Å². The van der Waals surface area contributed by atoms with Gasteiger partial charge in [0.05, 0.1) is 18.9 Å². The van der Waals surface area contributed by atoms with E-state index in [-0.39, 0.29) is 18.9 Å². The lowest BCUT2D eigenvalue weighted by molar-refractivity contribution is -0.141. The number of aromatic nitrogens is 1. The van der Waals surface area contributed by atoms with Gasteiger partial charge in [0.1, 0.15) is 40.9 Å². The van der Waals surface area contributed by atoms with Crippen molar-refractivity contribution < 1.29 is 41.8 Å². The standard InChI is InChI=1S/C38H54N6O9S/c1-37(2,3)53-36(48)39-29-13-11-9-7-8-10-12-24-21-38(24,35(47)42-54(49,50)27-15-16-27)41-32(45)30-20-26(22-44(30)34(29)46)52-33-28-17-14-25(51-6)18-23(28)19-31(40-33)43(4)5/h14,17-19,24,26-27,29-30H,7-13,15-16,20-22H2,1-6H3,(H,39,48)(H,41,45)(H,42,47)/t24-,26-,29+,30+,38-/m1/s1. The molecule has 0 unspecified atom stereocenters. The summed E-state index contributed by atoms with van der Waals surface area (Å²) >= 11 is 0. The van der Waals surface area contributed by atoms with Crippen molar-refractivity contribution in [3.63, 3.8) is 0 Å². The Morgan fingerprint density at radius 1 is 1.02 bits per heavy atom. The van der Waals surface area contributed by atoms with Gasteiger partial charge >= 0.3 is 6.09 Å². The van der Waals surface area contributed by atoms with Gasteiger partial charge in [-0.2, -0.15) is 4.98 Å². The molecule has 2 saturated heterocycles. The monoisotopic (exact) mass is 770 g/mol. The highest BCUT2D eigenvalue weighted by atomic mass is 32.2. The molecule has 1 aromatic heterocycles. The number of pyridine rings is 1. The molecule has 16 heteroatoms. The summed E-state index contributed by atoms with van der Waals surface area (Å²) in [6.07, 6.45) is 4.88. The van der Waals surface area contributed by atoms with E-state index in [0.29, 0.717) is 61.4 Å². The first-order valence-corrected chi connectivity index (χ1v) is 20.5. The lowest BCUT2D eigenvalue weighted by Gasteiger charge is -2.30. The van der Waals surface area contributed by atoms with Crippen molar-refractivity contribution in [3.8, 4) is 11.6 Å². The smallest absolute Gasteiger partial charge is 0.408 e. The van der Waals surface area contributed by atoms with E-state index in [2.05, 4.69) is 15.4 Å². The Kier molecular flexibility index (Phi) is 11.2. The molecule has 3 N–H and O–H groups in total. The molecule has 2 aromatic rings. The molecule has 6 rings (SSSR count). The minimum atomic E-state index is -3.87. The molecule has 2 saturated carbocycles. The molecule has 54 heavy (non-hydrogen) atoms. The molecule has 0 radical (unpaired) electrons. The van der Waals surface area contributed by atoms with E-state index in [4.69, 9.17) is 19.2 Å². The van der Waals surface area contributed by atoms with Gasteiger partial charge in [0.25, 0.3) is 5.91 Å². The van der Waals surface area contributed by atoms with Crippen LogP contribution in [0.3, 0.4) is 0 Å². The number of rotatable bonds is 8. The molecule has 0 spiro atoms. The largest absolute Gasteiger partial charge is 0.497 e. The number of ether oxygens (including phenoxy) is 3. The van der Waals surface area contributed by atoms with Gasteiger partial charge in [-0.3, -0.25) is 19.1 Å². The Labute approximate surface area is 317 Å². The van der Waals surface area contributed by atoms with Gasteiger partial charge < -0.3 is 34.6 Å². The summed E-state index contributed by atoms with van der Waals surface area (Å²) in [6, 6.07) is 5.34. The maximum atomic E-state index is 14.5. The number of sulfonamides is 1. The van der Waals surface area contributed by atoms with Crippen LogP contribution >= 0.6 is 0 Å². The number of carbonyl (C=O) groups is 4. The molecule has 4 amide bonds. The van der Waals surface area contributed by atoms with Crippen LogP contribution in [0.4, 0.5) is 10.6 Å². The summed E-state index contributed by atoms with van der Waals surface area (Å²) in [5, 5.41) is 6.62. The van der Waals surface area contributed by atoms with Gasteiger partial charge in [-0.15, -0.1) is 0 Å². The fourth-order valence-electron chi connectivity index (χ4n) is 7.50. The number of hydrogen-bond donors (Lipinski definition) is 3. The Hall–Kier alpha value is -4.34. The Bertz CT molecular complexity index is 1880. The number of benzene rings is 1. The Morgan fingerprint density at radius 3 is 2.39 bits per heavy atom. The molecule has 4 aliphatic rings. The quantitative estimate of drug-likeness (QED) is 0.355. The van der Waals surface area contributed by atoms with Crippen LogP contribution in [0.2, 0.25) is 0 Å². The summed E-state index contributed by atoms with van der Waals surface area (Å²) in [7, 11) is 1.43. The van der Waals surface area contributed by atoms with Gasteiger partial charge in [-0.25, -0.2) is 13.2 Å². The molecule has 3 heterocycles. The molecular weight excluding hydrogens is 717 g/mol. The van der Waals surface area contributed by atoms with Crippen LogP contribution in [-0.2, 0) is 29.1 Å². The third-order valence-electron chi connectivity index (χ3n) is 10.7. The average Bonchev–Trinajstić information content (AvgIpc) is 4.02. The van der Waals surface area contributed by atoms with E-state index in [0.717, 1.165) is 31.1 Å².